The summed E-state index contributed by atoms with van der Waals surface area (Å²) in [5.41, 5.74) is 1.33. The SMILES string of the molecule is CC(C)C(NC(=O)Nc1cccc(F)c1)c1ccc2c(c1)OCCO2. The van der Waals surface area contributed by atoms with Crippen LogP contribution in [0, 0.1) is 11.7 Å². The minimum atomic E-state index is -0.398. The molecule has 0 saturated carbocycles. The zero-order valence-electron chi connectivity index (χ0n) is 14.2. The number of urea groups is 1. The fourth-order valence-electron chi connectivity index (χ4n) is 2.76. The highest BCUT2D eigenvalue weighted by Crippen LogP contribution is 2.34. The molecule has 0 aliphatic carbocycles. The Balaban J connectivity index is 1.74. The first-order chi connectivity index (χ1) is 12.0. The van der Waals surface area contributed by atoms with Crippen LogP contribution in [0.1, 0.15) is 25.5 Å². The number of anilines is 1. The molecular formula is C19H21FN2O3. The quantitative estimate of drug-likeness (QED) is 0.877. The number of fused-ring (bicyclic) bond motifs is 1. The summed E-state index contributed by atoms with van der Waals surface area (Å²) in [6.07, 6.45) is 0. The van der Waals surface area contributed by atoms with Gasteiger partial charge in [0.05, 0.1) is 6.04 Å². The topological polar surface area (TPSA) is 59.6 Å². The average Bonchev–Trinajstić information content (AvgIpc) is 2.59. The average molecular weight is 344 g/mol. The van der Waals surface area contributed by atoms with Crippen LogP contribution in [-0.4, -0.2) is 19.2 Å². The van der Waals surface area contributed by atoms with Gasteiger partial charge in [0.2, 0.25) is 0 Å². The van der Waals surface area contributed by atoms with Crippen LogP contribution in [0.2, 0.25) is 0 Å². The van der Waals surface area contributed by atoms with Gasteiger partial charge in [0.1, 0.15) is 19.0 Å². The van der Waals surface area contributed by atoms with Gasteiger partial charge < -0.3 is 20.1 Å². The molecule has 25 heavy (non-hydrogen) atoms. The van der Waals surface area contributed by atoms with Gasteiger partial charge in [0.25, 0.3) is 0 Å². The van der Waals surface area contributed by atoms with Crippen molar-refractivity contribution in [3.8, 4) is 11.5 Å². The Kier molecular flexibility index (Phi) is 5.07. The maximum Gasteiger partial charge on any atom is 0.319 e. The number of nitrogens with one attached hydrogen (secondary N) is 2. The van der Waals surface area contributed by atoms with Gasteiger partial charge in [-0.2, -0.15) is 0 Å². The highest BCUT2D eigenvalue weighted by atomic mass is 19.1. The van der Waals surface area contributed by atoms with Gasteiger partial charge >= 0.3 is 6.03 Å². The second-order valence-electron chi connectivity index (χ2n) is 6.23. The van der Waals surface area contributed by atoms with Crippen LogP contribution in [-0.2, 0) is 0 Å². The third-order valence-corrected chi connectivity index (χ3v) is 3.96. The van der Waals surface area contributed by atoms with Gasteiger partial charge in [-0.05, 0) is 41.8 Å². The van der Waals surface area contributed by atoms with E-state index in [-0.39, 0.29) is 18.0 Å². The van der Waals surface area contributed by atoms with E-state index >= 15 is 0 Å². The van der Waals surface area contributed by atoms with E-state index in [1.54, 1.807) is 12.1 Å². The molecule has 0 aromatic heterocycles. The molecule has 0 radical (unpaired) electrons. The van der Waals surface area contributed by atoms with Crippen molar-refractivity contribution < 1.29 is 18.7 Å². The molecule has 1 aliphatic heterocycles. The number of hydrogen-bond acceptors (Lipinski definition) is 3. The van der Waals surface area contributed by atoms with E-state index in [4.69, 9.17) is 9.47 Å². The van der Waals surface area contributed by atoms with E-state index in [2.05, 4.69) is 10.6 Å². The molecular weight excluding hydrogens is 323 g/mol. The molecule has 1 heterocycles. The Morgan fingerprint density at radius 1 is 1.08 bits per heavy atom. The number of rotatable bonds is 4. The van der Waals surface area contributed by atoms with E-state index in [0.717, 1.165) is 5.56 Å². The number of halogens is 1. The van der Waals surface area contributed by atoms with Crippen LogP contribution in [0.15, 0.2) is 42.5 Å². The van der Waals surface area contributed by atoms with Gasteiger partial charge in [-0.25, -0.2) is 9.18 Å². The lowest BCUT2D eigenvalue weighted by molar-refractivity contribution is 0.171. The third-order valence-electron chi connectivity index (χ3n) is 3.96. The maximum absolute atomic E-state index is 13.2. The predicted octanol–water partition coefficient (Wildman–Crippen LogP) is 4.12. The van der Waals surface area contributed by atoms with Crippen LogP contribution in [0.25, 0.3) is 0 Å². The molecule has 1 atom stereocenters. The van der Waals surface area contributed by atoms with Gasteiger partial charge in [0.15, 0.2) is 11.5 Å². The Bertz CT molecular complexity index is 764. The van der Waals surface area contributed by atoms with E-state index in [9.17, 15) is 9.18 Å². The normalized spacial score (nSPS) is 14.1. The summed E-state index contributed by atoms with van der Waals surface area (Å²) in [5.74, 6) is 1.15. The lowest BCUT2D eigenvalue weighted by Crippen LogP contribution is -2.35. The van der Waals surface area contributed by atoms with Crippen molar-refractivity contribution >= 4 is 11.7 Å². The van der Waals surface area contributed by atoms with Crippen molar-refractivity contribution in [3.05, 3.63) is 53.8 Å². The minimum Gasteiger partial charge on any atom is -0.486 e. The highest BCUT2D eigenvalue weighted by Gasteiger charge is 2.21. The zero-order valence-corrected chi connectivity index (χ0v) is 14.2. The van der Waals surface area contributed by atoms with E-state index < -0.39 is 5.82 Å². The van der Waals surface area contributed by atoms with Crippen LogP contribution in [0.4, 0.5) is 14.9 Å². The van der Waals surface area contributed by atoms with Crippen molar-refractivity contribution in [2.24, 2.45) is 5.92 Å². The number of ether oxygens (including phenoxy) is 2. The fourth-order valence-corrected chi connectivity index (χ4v) is 2.76. The van der Waals surface area contributed by atoms with Gasteiger partial charge in [-0.15, -0.1) is 0 Å². The van der Waals surface area contributed by atoms with Crippen LogP contribution >= 0.6 is 0 Å². The van der Waals surface area contributed by atoms with Crippen molar-refractivity contribution in [2.45, 2.75) is 19.9 Å². The molecule has 132 valence electrons. The number of amides is 2. The molecule has 6 heteroatoms. The monoisotopic (exact) mass is 344 g/mol. The number of carbonyl (C=O) groups excluding carboxylic acids is 1. The summed E-state index contributed by atoms with van der Waals surface area (Å²) >= 11 is 0. The predicted molar refractivity (Wildman–Crippen MR) is 93.6 cm³/mol. The smallest absolute Gasteiger partial charge is 0.319 e. The molecule has 2 aromatic rings. The highest BCUT2D eigenvalue weighted by molar-refractivity contribution is 5.89. The maximum atomic E-state index is 13.2. The molecule has 1 unspecified atom stereocenters. The summed E-state index contributed by atoms with van der Waals surface area (Å²) in [4.78, 5) is 12.3. The standard InChI is InChI=1S/C19H21FN2O3/c1-12(2)18(13-6-7-16-17(10-13)25-9-8-24-16)22-19(23)21-15-5-3-4-14(20)11-15/h3-7,10-12,18H,8-9H2,1-2H3,(H2,21,22,23). The number of carbonyl (C=O) groups is 1. The Labute approximate surface area is 146 Å². The van der Waals surface area contributed by atoms with E-state index in [1.165, 1.54) is 12.1 Å². The van der Waals surface area contributed by atoms with Gasteiger partial charge in [0, 0.05) is 5.69 Å². The summed E-state index contributed by atoms with van der Waals surface area (Å²) in [5, 5.41) is 5.59. The molecule has 2 aromatic carbocycles. The number of benzene rings is 2. The van der Waals surface area contributed by atoms with Crippen molar-refractivity contribution in [3.63, 3.8) is 0 Å². The van der Waals surface area contributed by atoms with Gasteiger partial charge in [-0.3, -0.25) is 0 Å². The van der Waals surface area contributed by atoms with E-state index in [0.29, 0.717) is 30.4 Å². The minimum absolute atomic E-state index is 0.154. The lowest BCUT2D eigenvalue weighted by atomic mass is 9.95. The molecule has 0 spiro atoms. The molecule has 0 bridgehead atoms. The summed E-state index contributed by atoms with van der Waals surface area (Å²) < 4.78 is 24.4. The van der Waals surface area contributed by atoms with Gasteiger partial charge in [-0.1, -0.05) is 26.0 Å². The summed E-state index contributed by atoms with van der Waals surface area (Å²) in [6, 6.07) is 10.8. The summed E-state index contributed by atoms with van der Waals surface area (Å²) in [7, 11) is 0. The first-order valence-corrected chi connectivity index (χ1v) is 8.25. The van der Waals surface area contributed by atoms with Crippen molar-refractivity contribution in [1.82, 2.24) is 5.32 Å². The first-order valence-electron chi connectivity index (χ1n) is 8.25. The molecule has 2 N–H and O–H groups in total. The second kappa shape index (κ2) is 7.42. The molecule has 3 rings (SSSR count). The fraction of sp³-hybridized carbons (Fsp3) is 0.316. The molecule has 2 amide bonds. The molecule has 0 fully saturated rings. The van der Waals surface area contributed by atoms with Crippen LogP contribution in [0.3, 0.4) is 0 Å². The summed E-state index contributed by atoms with van der Waals surface area (Å²) in [6.45, 7) is 5.08. The Morgan fingerprint density at radius 2 is 1.84 bits per heavy atom. The Hall–Kier alpha value is -2.76. The Morgan fingerprint density at radius 3 is 2.56 bits per heavy atom. The zero-order chi connectivity index (χ0) is 17.8. The van der Waals surface area contributed by atoms with E-state index in [1.807, 2.05) is 32.0 Å². The second-order valence-corrected chi connectivity index (χ2v) is 6.23. The third kappa shape index (κ3) is 4.21. The molecule has 1 aliphatic rings. The number of hydrogen-bond donors (Lipinski definition) is 2. The molecule has 0 saturated heterocycles. The molecule has 5 nitrogen and oxygen atoms in total. The van der Waals surface area contributed by atoms with Crippen LogP contribution in [0.5, 0.6) is 11.5 Å². The van der Waals surface area contributed by atoms with Crippen LogP contribution < -0.4 is 20.1 Å². The lowest BCUT2D eigenvalue weighted by Gasteiger charge is -2.25. The van der Waals surface area contributed by atoms with Crippen molar-refractivity contribution in [1.29, 1.82) is 0 Å². The van der Waals surface area contributed by atoms with Crippen molar-refractivity contribution in [2.75, 3.05) is 18.5 Å². The first kappa shape index (κ1) is 17.1. The largest absolute Gasteiger partial charge is 0.486 e.